The van der Waals surface area contributed by atoms with E-state index < -0.39 is 0 Å². The van der Waals surface area contributed by atoms with E-state index in [2.05, 4.69) is 20.6 Å². The van der Waals surface area contributed by atoms with E-state index in [4.69, 9.17) is 4.74 Å². The van der Waals surface area contributed by atoms with Crippen LogP contribution in [0.3, 0.4) is 0 Å². The molecule has 0 saturated heterocycles. The zero-order valence-electron chi connectivity index (χ0n) is 14.5. The molecule has 0 atom stereocenters. The lowest BCUT2D eigenvalue weighted by atomic mass is 10.1. The maximum atomic E-state index is 12.3. The number of benzene rings is 2. The minimum Gasteiger partial charge on any atom is -0.496 e. The van der Waals surface area contributed by atoms with Gasteiger partial charge >= 0.3 is 0 Å². The summed E-state index contributed by atoms with van der Waals surface area (Å²) in [4.78, 5) is 20.7. The molecule has 3 rings (SSSR count). The number of amides is 1. The van der Waals surface area contributed by atoms with Crippen molar-refractivity contribution in [3.05, 3.63) is 78.1 Å². The Kier molecular flexibility index (Phi) is 5.77. The Balaban J connectivity index is 1.59. The number of nitrogens with zero attached hydrogens (tertiary/aromatic N) is 2. The maximum Gasteiger partial charge on any atom is 0.274 e. The Morgan fingerprint density at radius 2 is 1.81 bits per heavy atom. The number of carbonyl (C=O) groups excluding carboxylic acids is 1. The van der Waals surface area contributed by atoms with Gasteiger partial charge in [-0.05, 0) is 36.2 Å². The van der Waals surface area contributed by atoms with Crippen LogP contribution in [0.2, 0.25) is 0 Å². The Morgan fingerprint density at radius 3 is 2.62 bits per heavy atom. The van der Waals surface area contributed by atoms with Gasteiger partial charge in [-0.15, -0.1) is 0 Å². The molecule has 6 nitrogen and oxygen atoms in total. The van der Waals surface area contributed by atoms with E-state index in [-0.39, 0.29) is 5.91 Å². The largest absolute Gasteiger partial charge is 0.496 e. The molecule has 0 bridgehead atoms. The third kappa shape index (κ3) is 4.57. The van der Waals surface area contributed by atoms with E-state index in [0.717, 1.165) is 23.4 Å². The first-order chi connectivity index (χ1) is 12.8. The first-order valence-electron chi connectivity index (χ1n) is 8.31. The van der Waals surface area contributed by atoms with Gasteiger partial charge in [-0.3, -0.25) is 4.79 Å². The molecule has 0 fully saturated rings. The topological polar surface area (TPSA) is 76.1 Å². The van der Waals surface area contributed by atoms with Crippen LogP contribution in [0.5, 0.6) is 5.75 Å². The van der Waals surface area contributed by atoms with Crippen molar-refractivity contribution in [1.82, 2.24) is 9.97 Å². The Morgan fingerprint density at radius 1 is 1.04 bits per heavy atom. The van der Waals surface area contributed by atoms with Crippen LogP contribution in [-0.2, 0) is 6.42 Å². The van der Waals surface area contributed by atoms with Crippen molar-refractivity contribution in [2.75, 3.05) is 24.3 Å². The van der Waals surface area contributed by atoms with Crippen LogP contribution >= 0.6 is 0 Å². The molecule has 0 saturated carbocycles. The summed E-state index contributed by atoms with van der Waals surface area (Å²) in [7, 11) is 1.66. The molecular formula is C20H20N4O2. The van der Waals surface area contributed by atoms with Gasteiger partial charge in [0.25, 0.3) is 5.91 Å². The Bertz CT molecular complexity index is 868. The second-order valence-corrected chi connectivity index (χ2v) is 5.57. The number of rotatable bonds is 7. The fraction of sp³-hybridized carbons (Fsp3) is 0.150. The van der Waals surface area contributed by atoms with E-state index in [0.29, 0.717) is 18.2 Å². The van der Waals surface area contributed by atoms with Crippen LogP contribution in [0.4, 0.5) is 11.6 Å². The highest BCUT2D eigenvalue weighted by Gasteiger charge is 2.09. The van der Waals surface area contributed by atoms with E-state index >= 15 is 0 Å². The highest BCUT2D eigenvalue weighted by molar-refractivity contribution is 6.02. The quantitative estimate of drug-likeness (QED) is 0.684. The van der Waals surface area contributed by atoms with Gasteiger partial charge in [0.2, 0.25) is 5.95 Å². The van der Waals surface area contributed by atoms with Crippen LogP contribution in [0.25, 0.3) is 0 Å². The summed E-state index contributed by atoms with van der Waals surface area (Å²) < 4.78 is 5.34. The second-order valence-electron chi connectivity index (χ2n) is 5.57. The molecule has 1 heterocycles. The summed E-state index contributed by atoms with van der Waals surface area (Å²) in [5.41, 5.74) is 2.13. The smallest absolute Gasteiger partial charge is 0.274 e. The molecule has 1 aromatic heterocycles. The average Bonchev–Trinajstić information content (AvgIpc) is 2.69. The summed E-state index contributed by atoms with van der Waals surface area (Å²) in [6.45, 7) is 0.629. The predicted molar refractivity (Wildman–Crippen MR) is 102 cm³/mol. The SMILES string of the molecule is COc1ccccc1CCNc1nccc(C(=O)Nc2ccccc2)n1. The van der Waals surface area contributed by atoms with Gasteiger partial charge in [0, 0.05) is 18.4 Å². The molecule has 0 aliphatic heterocycles. The van der Waals surface area contributed by atoms with E-state index in [1.165, 1.54) is 0 Å². The molecule has 1 amide bonds. The molecule has 0 aliphatic carbocycles. The minimum absolute atomic E-state index is 0.272. The van der Waals surface area contributed by atoms with Crippen molar-refractivity contribution in [3.63, 3.8) is 0 Å². The molecular weight excluding hydrogens is 328 g/mol. The number of hydrogen-bond acceptors (Lipinski definition) is 5. The van der Waals surface area contributed by atoms with Crippen molar-refractivity contribution in [2.45, 2.75) is 6.42 Å². The lowest BCUT2D eigenvalue weighted by Crippen LogP contribution is -2.16. The zero-order valence-corrected chi connectivity index (χ0v) is 14.5. The third-order valence-electron chi connectivity index (χ3n) is 3.79. The van der Waals surface area contributed by atoms with Gasteiger partial charge in [-0.2, -0.15) is 0 Å². The van der Waals surface area contributed by atoms with Crippen molar-refractivity contribution >= 4 is 17.5 Å². The predicted octanol–water partition coefficient (Wildman–Crippen LogP) is 3.39. The first kappa shape index (κ1) is 17.4. The molecule has 3 aromatic rings. The van der Waals surface area contributed by atoms with Crippen LogP contribution in [0.15, 0.2) is 66.9 Å². The first-order valence-corrected chi connectivity index (χ1v) is 8.31. The standard InChI is InChI=1S/C20H20N4O2/c1-26-18-10-6-5-7-15(18)11-13-21-20-22-14-12-17(24-20)19(25)23-16-8-3-2-4-9-16/h2-10,12,14H,11,13H2,1H3,(H,23,25)(H,21,22,24). The van der Waals surface area contributed by atoms with Crippen LogP contribution in [-0.4, -0.2) is 29.5 Å². The zero-order chi connectivity index (χ0) is 18.2. The molecule has 132 valence electrons. The maximum absolute atomic E-state index is 12.3. The van der Waals surface area contributed by atoms with Crippen molar-refractivity contribution in [3.8, 4) is 5.75 Å². The molecule has 26 heavy (non-hydrogen) atoms. The Hall–Kier alpha value is -3.41. The molecule has 2 aromatic carbocycles. The molecule has 0 aliphatic rings. The number of ether oxygens (including phenoxy) is 1. The summed E-state index contributed by atoms with van der Waals surface area (Å²) in [5.74, 6) is 0.998. The lowest BCUT2D eigenvalue weighted by molar-refractivity contribution is 0.102. The van der Waals surface area contributed by atoms with E-state index in [1.807, 2.05) is 54.6 Å². The van der Waals surface area contributed by atoms with Crippen molar-refractivity contribution < 1.29 is 9.53 Å². The number of hydrogen-bond donors (Lipinski definition) is 2. The molecule has 6 heteroatoms. The number of carbonyl (C=O) groups is 1. The summed E-state index contributed by atoms with van der Waals surface area (Å²) in [6.07, 6.45) is 2.33. The van der Waals surface area contributed by atoms with Crippen LogP contribution in [0, 0.1) is 0 Å². The van der Waals surface area contributed by atoms with Gasteiger partial charge < -0.3 is 15.4 Å². The summed E-state index contributed by atoms with van der Waals surface area (Å²) >= 11 is 0. The van der Waals surface area contributed by atoms with E-state index in [9.17, 15) is 4.79 Å². The monoisotopic (exact) mass is 348 g/mol. The van der Waals surface area contributed by atoms with Crippen LogP contribution in [0.1, 0.15) is 16.1 Å². The van der Waals surface area contributed by atoms with Crippen LogP contribution < -0.4 is 15.4 Å². The van der Waals surface area contributed by atoms with Gasteiger partial charge in [0.05, 0.1) is 7.11 Å². The molecule has 0 spiro atoms. The van der Waals surface area contributed by atoms with Gasteiger partial charge in [-0.1, -0.05) is 36.4 Å². The number of anilines is 2. The lowest BCUT2D eigenvalue weighted by Gasteiger charge is -2.09. The number of aromatic nitrogens is 2. The third-order valence-corrected chi connectivity index (χ3v) is 3.79. The second kappa shape index (κ2) is 8.62. The van der Waals surface area contributed by atoms with Gasteiger partial charge in [0.15, 0.2) is 0 Å². The number of para-hydroxylation sites is 2. The van der Waals surface area contributed by atoms with Crippen molar-refractivity contribution in [2.24, 2.45) is 0 Å². The normalized spacial score (nSPS) is 10.2. The van der Waals surface area contributed by atoms with Gasteiger partial charge in [-0.25, -0.2) is 9.97 Å². The Labute approximate surface area is 152 Å². The molecule has 0 unspecified atom stereocenters. The fourth-order valence-corrected chi connectivity index (χ4v) is 2.51. The summed E-state index contributed by atoms with van der Waals surface area (Å²) in [5, 5.41) is 5.95. The molecule has 2 N–H and O–H groups in total. The minimum atomic E-state index is -0.272. The van der Waals surface area contributed by atoms with Crippen molar-refractivity contribution in [1.29, 1.82) is 0 Å². The summed E-state index contributed by atoms with van der Waals surface area (Å²) in [6, 6.07) is 18.7. The number of nitrogens with one attached hydrogen (secondary N) is 2. The number of methoxy groups -OCH3 is 1. The molecule has 0 radical (unpaired) electrons. The van der Waals surface area contributed by atoms with Gasteiger partial charge in [0.1, 0.15) is 11.4 Å². The average molecular weight is 348 g/mol. The highest BCUT2D eigenvalue weighted by Crippen LogP contribution is 2.17. The fourth-order valence-electron chi connectivity index (χ4n) is 2.51. The van der Waals surface area contributed by atoms with E-state index in [1.54, 1.807) is 19.4 Å². The highest BCUT2D eigenvalue weighted by atomic mass is 16.5.